The SMILES string of the molecule is O=C1CC(C(=O)O)c2c(F)cccc21. The molecular formula is C10H7FO3. The largest absolute Gasteiger partial charge is 0.481 e. The second-order valence-corrected chi connectivity index (χ2v) is 3.22. The molecule has 4 heteroatoms. The van der Waals surface area contributed by atoms with Crippen LogP contribution in [0.1, 0.15) is 28.3 Å². The molecule has 3 nitrogen and oxygen atoms in total. The summed E-state index contributed by atoms with van der Waals surface area (Å²) in [5.41, 5.74) is 0.238. The standard InChI is InChI=1S/C10H7FO3/c11-7-3-1-2-5-8(12)4-6(9(5)7)10(13)14/h1-3,6H,4H2,(H,13,14). The first-order valence-corrected chi connectivity index (χ1v) is 4.15. The normalized spacial score (nSPS) is 19.5. The van der Waals surface area contributed by atoms with Crippen LogP contribution in [-0.2, 0) is 4.79 Å². The Morgan fingerprint density at radius 2 is 2.21 bits per heavy atom. The van der Waals surface area contributed by atoms with Crippen molar-refractivity contribution in [1.29, 1.82) is 0 Å². The first-order valence-electron chi connectivity index (χ1n) is 4.15. The molecule has 0 bridgehead atoms. The number of carboxylic acids is 1. The number of benzene rings is 1. The summed E-state index contributed by atoms with van der Waals surface area (Å²) in [5.74, 6) is -3.08. The van der Waals surface area contributed by atoms with Crippen molar-refractivity contribution in [3.63, 3.8) is 0 Å². The van der Waals surface area contributed by atoms with Gasteiger partial charge in [0.2, 0.25) is 0 Å². The van der Waals surface area contributed by atoms with Crippen molar-refractivity contribution in [2.45, 2.75) is 12.3 Å². The Balaban J connectivity index is 2.62. The van der Waals surface area contributed by atoms with Gasteiger partial charge in [-0.1, -0.05) is 12.1 Å². The molecule has 1 aliphatic rings. The fourth-order valence-electron chi connectivity index (χ4n) is 1.74. The van der Waals surface area contributed by atoms with Crippen molar-refractivity contribution in [2.75, 3.05) is 0 Å². The molecule has 1 atom stereocenters. The zero-order chi connectivity index (χ0) is 10.3. The lowest BCUT2D eigenvalue weighted by Gasteiger charge is -2.04. The van der Waals surface area contributed by atoms with E-state index in [2.05, 4.69) is 0 Å². The summed E-state index contributed by atoms with van der Waals surface area (Å²) >= 11 is 0. The highest BCUT2D eigenvalue weighted by Gasteiger charge is 2.36. The maximum atomic E-state index is 13.3. The topological polar surface area (TPSA) is 54.4 Å². The van der Waals surface area contributed by atoms with Gasteiger partial charge in [-0.25, -0.2) is 4.39 Å². The van der Waals surface area contributed by atoms with Crippen LogP contribution in [0.25, 0.3) is 0 Å². The first kappa shape index (κ1) is 8.87. The third-order valence-electron chi connectivity index (χ3n) is 2.39. The molecule has 0 aliphatic heterocycles. The Kier molecular flexibility index (Phi) is 1.84. The van der Waals surface area contributed by atoms with Crippen molar-refractivity contribution in [3.05, 3.63) is 35.1 Å². The van der Waals surface area contributed by atoms with Gasteiger partial charge in [-0.2, -0.15) is 0 Å². The third kappa shape index (κ3) is 1.11. The monoisotopic (exact) mass is 194 g/mol. The molecule has 1 aromatic rings. The molecule has 0 radical (unpaired) electrons. The van der Waals surface area contributed by atoms with Gasteiger partial charge in [-0.3, -0.25) is 9.59 Å². The number of carboxylic acid groups (broad SMARTS) is 1. The minimum atomic E-state index is -1.15. The molecule has 0 spiro atoms. The summed E-state index contributed by atoms with van der Waals surface area (Å²) in [7, 11) is 0. The Labute approximate surface area is 79.2 Å². The van der Waals surface area contributed by atoms with Crippen LogP contribution in [0.3, 0.4) is 0 Å². The third-order valence-corrected chi connectivity index (χ3v) is 2.39. The second kappa shape index (κ2) is 2.90. The fraction of sp³-hybridized carbons (Fsp3) is 0.200. The molecule has 1 N–H and O–H groups in total. The van der Waals surface area contributed by atoms with Gasteiger partial charge in [0.15, 0.2) is 5.78 Å². The van der Waals surface area contributed by atoms with Crippen molar-refractivity contribution in [1.82, 2.24) is 0 Å². The second-order valence-electron chi connectivity index (χ2n) is 3.22. The van der Waals surface area contributed by atoms with Crippen LogP contribution >= 0.6 is 0 Å². The highest BCUT2D eigenvalue weighted by atomic mass is 19.1. The van der Waals surface area contributed by atoms with E-state index in [0.717, 1.165) is 0 Å². The molecule has 1 aromatic carbocycles. The lowest BCUT2D eigenvalue weighted by molar-refractivity contribution is -0.138. The average Bonchev–Trinajstić information content (AvgIpc) is 2.46. The number of carbonyl (C=O) groups excluding carboxylic acids is 1. The van der Waals surface area contributed by atoms with Crippen LogP contribution in [-0.4, -0.2) is 16.9 Å². The molecule has 0 saturated carbocycles. The van der Waals surface area contributed by atoms with Crippen molar-refractivity contribution in [2.24, 2.45) is 0 Å². The predicted octanol–water partition coefficient (Wildman–Crippen LogP) is 1.58. The van der Waals surface area contributed by atoms with Gasteiger partial charge in [0, 0.05) is 17.5 Å². The molecule has 0 fully saturated rings. The number of carbonyl (C=O) groups is 2. The minimum Gasteiger partial charge on any atom is -0.481 e. The molecule has 0 amide bonds. The molecule has 72 valence electrons. The highest BCUT2D eigenvalue weighted by Crippen LogP contribution is 2.34. The highest BCUT2D eigenvalue weighted by molar-refractivity contribution is 6.05. The Morgan fingerprint density at radius 3 is 2.86 bits per heavy atom. The fourth-order valence-corrected chi connectivity index (χ4v) is 1.74. The summed E-state index contributed by atoms with van der Waals surface area (Å²) in [6.07, 6.45) is -0.133. The van der Waals surface area contributed by atoms with Crippen LogP contribution in [0.5, 0.6) is 0 Å². The summed E-state index contributed by atoms with van der Waals surface area (Å²) in [6.45, 7) is 0. The van der Waals surface area contributed by atoms with Crippen molar-refractivity contribution >= 4 is 11.8 Å². The van der Waals surface area contributed by atoms with Gasteiger partial charge >= 0.3 is 5.97 Å². The van der Waals surface area contributed by atoms with E-state index in [4.69, 9.17) is 5.11 Å². The van der Waals surface area contributed by atoms with Crippen LogP contribution in [0, 0.1) is 5.82 Å². The number of fused-ring (bicyclic) bond motifs is 1. The molecule has 0 aromatic heterocycles. The number of halogens is 1. The van der Waals surface area contributed by atoms with E-state index in [-0.39, 0.29) is 23.3 Å². The van der Waals surface area contributed by atoms with Gasteiger partial charge in [0.05, 0.1) is 5.92 Å². The van der Waals surface area contributed by atoms with E-state index in [1.807, 2.05) is 0 Å². The Bertz CT molecular complexity index is 425. The molecule has 1 unspecified atom stereocenters. The van der Waals surface area contributed by atoms with E-state index in [1.54, 1.807) is 0 Å². The van der Waals surface area contributed by atoms with Crippen LogP contribution < -0.4 is 0 Å². The van der Waals surface area contributed by atoms with Crippen LogP contribution in [0.15, 0.2) is 18.2 Å². The molecule has 0 heterocycles. The van der Waals surface area contributed by atoms with Crippen LogP contribution in [0.2, 0.25) is 0 Å². The number of hydrogen-bond acceptors (Lipinski definition) is 2. The zero-order valence-electron chi connectivity index (χ0n) is 7.16. The van der Waals surface area contributed by atoms with E-state index in [9.17, 15) is 14.0 Å². The van der Waals surface area contributed by atoms with E-state index >= 15 is 0 Å². The van der Waals surface area contributed by atoms with Crippen molar-refractivity contribution in [3.8, 4) is 0 Å². The van der Waals surface area contributed by atoms with Crippen LogP contribution in [0.4, 0.5) is 4.39 Å². The Morgan fingerprint density at radius 1 is 1.50 bits per heavy atom. The van der Waals surface area contributed by atoms with Gasteiger partial charge in [0.1, 0.15) is 5.82 Å². The number of aliphatic carboxylic acids is 1. The molecule has 1 aliphatic carbocycles. The maximum Gasteiger partial charge on any atom is 0.311 e. The molecular weight excluding hydrogens is 187 g/mol. The van der Waals surface area contributed by atoms with Gasteiger partial charge in [-0.15, -0.1) is 0 Å². The molecule has 0 saturated heterocycles. The minimum absolute atomic E-state index is 0.0324. The lowest BCUT2D eigenvalue weighted by atomic mass is 10.0. The average molecular weight is 194 g/mol. The zero-order valence-corrected chi connectivity index (χ0v) is 7.16. The number of hydrogen-bond donors (Lipinski definition) is 1. The van der Waals surface area contributed by atoms with E-state index in [0.29, 0.717) is 0 Å². The van der Waals surface area contributed by atoms with Gasteiger partial charge < -0.3 is 5.11 Å². The first-order chi connectivity index (χ1) is 6.61. The summed E-state index contributed by atoms with van der Waals surface area (Å²) in [5, 5.41) is 8.78. The van der Waals surface area contributed by atoms with Crippen molar-refractivity contribution < 1.29 is 19.1 Å². The lowest BCUT2D eigenvalue weighted by Crippen LogP contribution is -2.09. The quantitative estimate of drug-likeness (QED) is 0.738. The summed E-state index contributed by atoms with van der Waals surface area (Å²) < 4.78 is 13.3. The maximum absolute atomic E-state index is 13.3. The summed E-state index contributed by atoms with van der Waals surface area (Å²) in [4.78, 5) is 22.0. The van der Waals surface area contributed by atoms with Gasteiger partial charge in [-0.05, 0) is 6.07 Å². The number of Topliss-reactive ketones (excluding diaryl/α,β-unsaturated/α-hetero) is 1. The predicted molar refractivity (Wildman–Crippen MR) is 45.7 cm³/mol. The Hall–Kier alpha value is -1.71. The van der Waals surface area contributed by atoms with Gasteiger partial charge in [0.25, 0.3) is 0 Å². The van der Waals surface area contributed by atoms with E-state index in [1.165, 1.54) is 18.2 Å². The molecule has 14 heavy (non-hydrogen) atoms. The number of rotatable bonds is 1. The molecule has 2 rings (SSSR count). The number of ketones is 1. The summed E-state index contributed by atoms with van der Waals surface area (Å²) in [6, 6.07) is 4.05. The smallest absolute Gasteiger partial charge is 0.311 e. The van der Waals surface area contributed by atoms with E-state index < -0.39 is 17.7 Å².